The predicted molar refractivity (Wildman–Crippen MR) is 141 cm³/mol. The molecule has 1 heterocycles. The minimum atomic E-state index is 0.235. The van der Waals surface area contributed by atoms with Crippen LogP contribution in [0.15, 0.2) is 60.8 Å². The highest BCUT2D eigenvalue weighted by Crippen LogP contribution is 2.60. The van der Waals surface area contributed by atoms with Crippen molar-refractivity contribution in [3.63, 3.8) is 0 Å². The molecule has 184 valence electrons. The normalized spacial score (nSPS) is 27.9. The molecular weight excluding hydrogens is 448 g/mol. The van der Waals surface area contributed by atoms with Gasteiger partial charge in [-0.15, -0.1) is 0 Å². The van der Waals surface area contributed by atoms with E-state index in [9.17, 15) is 10.4 Å². The molecule has 36 heavy (non-hydrogen) atoms. The van der Waals surface area contributed by atoms with Crippen molar-refractivity contribution in [3.8, 4) is 11.8 Å². The molecule has 7 nitrogen and oxygen atoms in total. The fraction of sp³-hybridized carbons (Fsp3) is 0.414. The predicted octanol–water partition coefficient (Wildman–Crippen LogP) is 5.38. The van der Waals surface area contributed by atoms with Crippen molar-refractivity contribution in [2.24, 2.45) is 23.2 Å². The molecule has 0 aliphatic heterocycles. The average molecular weight is 481 g/mol. The molecule has 4 fully saturated rings. The van der Waals surface area contributed by atoms with E-state index < -0.39 is 0 Å². The van der Waals surface area contributed by atoms with Crippen LogP contribution in [0.1, 0.15) is 43.2 Å². The first kappa shape index (κ1) is 22.7. The number of para-hydroxylation sites is 2. The second-order valence-electron chi connectivity index (χ2n) is 10.9. The molecule has 3 aromatic rings. The van der Waals surface area contributed by atoms with Gasteiger partial charge in [0.2, 0.25) is 5.95 Å². The lowest BCUT2D eigenvalue weighted by Crippen LogP contribution is -2.57. The van der Waals surface area contributed by atoms with Crippen LogP contribution in [0.5, 0.6) is 5.75 Å². The first-order valence-corrected chi connectivity index (χ1v) is 12.9. The van der Waals surface area contributed by atoms with E-state index in [1.165, 1.54) is 37.8 Å². The summed E-state index contributed by atoms with van der Waals surface area (Å²) in [5.41, 5.74) is 2.71. The number of hydrogen-bond acceptors (Lipinski definition) is 7. The third-order valence-corrected chi connectivity index (χ3v) is 8.48. The number of anilines is 3. The molecule has 4 aliphatic carbocycles. The molecule has 7 heteroatoms. The van der Waals surface area contributed by atoms with Gasteiger partial charge in [0.1, 0.15) is 23.2 Å². The topological polar surface area (TPSA) is 106 Å². The molecule has 0 saturated heterocycles. The molecule has 7 rings (SSSR count). The Labute approximate surface area is 212 Å². The van der Waals surface area contributed by atoms with Gasteiger partial charge in [-0.1, -0.05) is 36.4 Å². The fourth-order valence-corrected chi connectivity index (χ4v) is 7.16. The second-order valence-corrected chi connectivity index (χ2v) is 10.9. The molecule has 4 N–H and O–H groups in total. The molecule has 5 atom stereocenters. The molecular formula is C29H32N6O. The number of benzene rings is 2. The zero-order chi connectivity index (χ0) is 24.5. The lowest BCUT2D eigenvalue weighted by Gasteiger charge is -2.60. The highest BCUT2D eigenvalue weighted by molar-refractivity contribution is 5.54. The van der Waals surface area contributed by atoms with Crippen LogP contribution < -0.4 is 16.0 Å². The van der Waals surface area contributed by atoms with Crippen molar-refractivity contribution in [2.45, 2.75) is 44.7 Å². The van der Waals surface area contributed by atoms with E-state index >= 15 is 0 Å². The Morgan fingerprint density at radius 2 is 1.72 bits per heavy atom. The van der Waals surface area contributed by atoms with Crippen molar-refractivity contribution in [1.29, 1.82) is 5.26 Å². The molecule has 4 bridgehead atoms. The molecule has 3 unspecified atom stereocenters. The first-order valence-electron chi connectivity index (χ1n) is 12.9. The standard InChI is InChI=1S/C29H32N6O/c30-15-23-17-32-28(31-16-20-6-4-5-9-25(20)36)35-27(23)33-18-29-12-19-10-21(13-29)26(22(11-19)14-29)34-24-7-2-1-3-8-24/h1-9,17,19,21-22,26,34,36H,10-14,16,18H2,(H2,31,32,33,35)/t19?,21-,22+,26?,29?. The Kier molecular flexibility index (Phi) is 5.88. The average Bonchev–Trinajstić information content (AvgIpc) is 2.89. The summed E-state index contributed by atoms with van der Waals surface area (Å²) in [6.45, 7) is 1.24. The van der Waals surface area contributed by atoms with Crippen LogP contribution in [0.4, 0.5) is 17.5 Å². The van der Waals surface area contributed by atoms with E-state index in [1.807, 2.05) is 12.1 Å². The van der Waals surface area contributed by atoms with Crippen molar-refractivity contribution < 1.29 is 5.11 Å². The molecule has 1 aromatic heterocycles. The summed E-state index contributed by atoms with van der Waals surface area (Å²) < 4.78 is 0. The van der Waals surface area contributed by atoms with Gasteiger partial charge < -0.3 is 21.1 Å². The number of hydrogen-bond donors (Lipinski definition) is 4. The Balaban J connectivity index is 1.14. The van der Waals surface area contributed by atoms with Gasteiger partial charge in [0.15, 0.2) is 0 Å². The molecule has 0 spiro atoms. The molecule has 0 radical (unpaired) electrons. The summed E-state index contributed by atoms with van der Waals surface area (Å²) in [4.78, 5) is 8.93. The van der Waals surface area contributed by atoms with Gasteiger partial charge in [-0.05, 0) is 73.5 Å². The number of nitrogens with zero attached hydrogens (tertiary/aromatic N) is 3. The smallest absolute Gasteiger partial charge is 0.224 e. The lowest BCUT2D eigenvalue weighted by atomic mass is 9.48. The van der Waals surface area contributed by atoms with E-state index in [1.54, 1.807) is 18.3 Å². The zero-order valence-corrected chi connectivity index (χ0v) is 20.3. The maximum absolute atomic E-state index is 10.0. The molecule has 4 aliphatic rings. The minimum Gasteiger partial charge on any atom is -0.508 e. The summed E-state index contributed by atoms with van der Waals surface area (Å²) in [7, 11) is 0. The van der Waals surface area contributed by atoms with Gasteiger partial charge in [0.05, 0.1) is 6.20 Å². The van der Waals surface area contributed by atoms with Crippen LogP contribution in [-0.2, 0) is 6.54 Å². The number of aromatic nitrogens is 2. The maximum Gasteiger partial charge on any atom is 0.224 e. The fourth-order valence-electron chi connectivity index (χ4n) is 7.16. The Hall–Kier alpha value is -3.79. The Morgan fingerprint density at radius 3 is 2.47 bits per heavy atom. The van der Waals surface area contributed by atoms with Crippen LogP contribution in [0.2, 0.25) is 0 Å². The highest BCUT2D eigenvalue weighted by Gasteiger charge is 2.55. The zero-order valence-electron chi connectivity index (χ0n) is 20.3. The van der Waals surface area contributed by atoms with E-state index in [4.69, 9.17) is 0 Å². The Bertz CT molecular complexity index is 1260. The van der Waals surface area contributed by atoms with Crippen molar-refractivity contribution in [1.82, 2.24) is 9.97 Å². The monoisotopic (exact) mass is 480 g/mol. The maximum atomic E-state index is 10.0. The van der Waals surface area contributed by atoms with Crippen LogP contribution in [0.25, 0.3) is 0 Å². The largest absolute Gasteiger partial charge is 0.508 e. The second kappa shape index (κ2) is 9.34. The third kappa shape index (κ3) is 4.44. The summed E-state index contributed by atoms with van der Waals surface area (Å²) in [5.74, 6) is 3.44. The summed E-state index contributed by atoms with van der Waals surface area (Å²) >= 11 is 0. The van der Waals surface area contributed by atoms with Gasteiger partial charge in [0, 0.05) is 30.4 Å². The number of phenols is 1. The number of rotatable bonds is 8. The van der Waals surface area contributed by atoms with Crippen molar-refractivity contribution >= 4 is 17.5 Å². The SMILES string of the molecule is N#Cc1cnc(NCc2ccccc2O)nc1NCC12CC3C[C@H](C1)C(Nc1ccccc1)[C@@H](C3)C2. The van der Waals surface area contributed by atoms with Gasteiger partial charge >= 0.3 is 0 Å². The Morgan fingerprint density at radius 1 is 0.972 bits per heavy atom. The van der Waals surface area contributed by atoms with Gasteiger partial charge in [-0.25, -0.2) is 4.98 Å². The van der Waals surface area contributed by atoms with Gasteiger partial charge in [0.25, 0.3) is 0 Å². The lowest BCUT2D eigenvalue weighted by molar-refractivity contribution is -0.0536. The molecule has 2 aromatic carbocycles. The highest BCUT2D eigenvalue weighted by atomic mass is 16.3. The number of nitrogens with one attached hydrogen (secondary N) is 3. The van der Waals surface area contributed by atoms with E-state index in [0.717, 1.165) is 18.0 Å². The van der Waals surface area contributed by atoms with Crippen molar-refractivity contribution in [3.05, 3.63) is 71.9 Å². The molecule has 4 saturated carbocycles. The van der Waals surface area contributed by atoms with E-state index in [2.05, 4.69) is 62.3 Å². The minimum absolute atomic E-state index is 0.235. The summed E-state index contributed by atoms with van der Waals surface area (Å²) in [6.07, 6.45) is 7.89. The van der Waals surface area contributed by atoms with E-state index in [0.29, 0.717) is 41.8 Å². The number of nitriles is 1. The van der Waals surface area contributed by atoms with Crippen LogP contribution in [0, 0.1) is 34.5 Å². The molecule has 0 amide bonds. The van der Waals surface area contributed by atoms with E-state index in [-0.39, 0.29) is 11.2 Å². The van der Waals surface area contributed by atoms with Crippen LogP contribution in [0.3, 0.4) is 0 Å². The third-order valence-electron chi connectivity index (χ3n) is 8.48. The number of phenolic OH excluding ortho intramolecular Hbond substituents is 1. The van der Waals surface area contributed by atoms with Crippen LogP contribution in [-0.4, -0.2) is 27.7 Å². The van der Waals surface area contributed by atoms with Gasteiger partial charge in [-0.3, -0.25) is 0 Å². The quantitative estimate of drug-likeness (QED) is 0.343. The van der Waals surface area contributed by atoms with Crippen LogP contribution >= 0.6 is 0 Å². The first-order chi connectivity index (χ1) is 17.6. The summed E-state index contributed by atoms with van der Waals surface area (Å²) in [6, 6.07) is 20.6. The van der Waals surface area contributed by atoms with Crippen molar-refractivity contribution in [2.75, 3.05) is 22.5 Å². The summed E-state index contributed by atoms with van der Waals surface area (Å²) in [5, 5.41) is 30.3. The number of aromatic hydroxyl groups is 1. The van der Waals surface area contributed by atoms with Gasteiger partial charge in [-0.2, -0.15) is 10.2 Å².